The highest BCUT2D eigenvalue weighted by molar-refractivity contribution is 5.81. The maximum absolute atomic E-state index is 11.0. The first-order valence-corrected chi connectivity index (χ1v) is 8.55. The fourth-order valence-electron chi connectivity index (χ4n) is 2.76. The maximum Gasteiger partial charge on any atom is 0.154 e. The number of carbonyl (C=O) groups excluding carboxylic acids is 1. The van der Waals surface area contributed by atoms with E-state index in [9.17, 15) is 9.90 Å². The summed E-state index contributed by atoms with van der Waals surface area (Å²) >= 11 is 0. The van der Waals surface area contributed by atoms with E-state index < -0.39 is 0 Å². The van der Waals surface area contributed by atoms with Crippen LogP contribution in [0.4, 0.5) is 0 Å². The van der Waals surface area contributed by atoms with Gasteiger partial charge < -0.3 is 5.11 Å². The van der Waals surface area contributed by atoms with Gasteiger partial charge in [-0.2, -0.15) is 0 Å². The van der Waals surface area contributed by atoms with Crippen molar-refractivity contribution in [1.29, 1.82) is 0 Å². The van der Waals surface area contributed by atoms with Gasteiger partial charge in [0.05, 0.1) is 5.56 Å². The molecule has 0 fully saturated rings. The second kappa shape index (κ2) is 11.4. The Morgan fingerprint density at radius 3 is 2.05 bits per heavy atom. The standard InChI is InChI=1S/C19H30O2/c1-2-3-4-5-6-7-8-9-10-11-13-17-14-12-15-19(21)18(17)16-20/h12,14-16,21H,2-11,13H2,1H3. The lowest BCUT2D eigenvalue weighted by Gasteiger charge is -2.06. The van der Waals surface area contributed by atoms with Crippen molar-refractivity contribution in [3.8, 4) is 5.75 Å². The molecule has 21 heavy (non-hydrogen) atoms. The zero-order chi connectivity index (χ0) is 15.3. The lowest BCUT2D eigenvalue weighted by atomic mass is 10.00. The third kappa shape index (κ3) is 7.31. The average molecular weight is 290 g/mol. The molecule has 2 nitrogen and oxygen atoms in total. The minimum Gasteiger partial charge on any atom is -0.507 e. The zero-order valence-corrected chi connectivity index (χ0v) is 13.4. The van der Waals surface area contributed by atoms with Crippen LogP contribution in [0.15, 0.2) is 18.2 Å². The van der Waals surface area contributed by atoms with Gasteiger partial charge in [-0.05, 0) is 24.5 Å². The van der Waals surface area contributed by atoms with Crippen molar-refractivity contribution in [1.82, 2.24) is 0 Å². The fraction of sp³-hybridized carbons (Fsp3) is 0.632. The molecule has 1 rings (SSSR count). The van der Waals surface area contributed by atoms with E-state index in [2.05, 4.69) is 6.92 Å². The van der Waals surface area contributed by atoms with Crippen LogP contribution < -0.4 is 0 Å². The third-order valence-electron chi connectivity index (χ3n) is 4.09. The van der Waals surface area contributed by atoms with Crippen molar-refractivity contribution < 1.29 is 9.90 Å². The summed E-state index contributed by atoms with van der Waals surface area (Å²) in [6, 6.07) is 5.33. The quantitative estimate of drug-likeness (QED) is 0.398. The molecule has 0 bridgehead atoms. The van der Waals surface area contributed by atoms with Crippen LogP contribution in [0.3, 0.4) is 0 Å². The van der Waals surface area contributed by atoms with E-state index in [-0.39, 0.29) is 5.75 Å². The molecule has 0 saturated heterocycles. The van der Waals surface area contributed by atoms with Crippen molar-refractivity contribution >= 4 is 6.29 Å². The molecule has 0 unspecified atom stereocenters. The van der Waals surface area contributed by atoms with Gasteiger partial charge in [-0.25, -0.2) is 0 Å². The molecule has 1 N–H and O–H groups in total. The van der Waals surface area contributed by atoms with Crippen LogP contribution in [0.5, 0.6) is 5.75 Å². The van der Waals surface area contributed by atoms with Crippen LogP contribution >= 0.6 is 0 Å². The second-order valence-corrected chi connectivity index (χ2v) is 5.90. The van der Waals surface area contributed by atoms with E-state index in [0.717, 1.165) is 24.7 Å². The monoisotopic (exact) mass is 290 g/mol. The molecule has 0 atom stereocenters. The Hall–Kier alpha value is -1.31. The summed E-state index contributed by atoms with van der Waals surface area (Å²) in [7, 11) is 0. The molecular weight excluding hydrogens is 260 g/mol. The molecule has 0 aliphatic carbocycles. The average Bonchev–Trinajstić information content (AvgIpc) is 2.49. The molecular formula is C19H30O2. The van der Waals surface area contributed by atoms with Crippen molar-refractivity contribution in [3.05, 3.63) is 29.3 Å². The van der Waals surface area contributed by atoms with Crippen LogP contribution in [-0.2, 0) is 6.42 Å². The summed E-state index contributed by atoms with van der Waals surface area (Å²) in [5, 5.41) is 9.62. The topological polar surface area (TPSA) is 37.3 Å². The van der Waals surface area contributed by atoms with Gasteiger partial charge >= 0.3 is 0 Å². The maximum atomic E-state index is 11.0. The first-order chi connectivity index (χ1) is 10.3. The largest absolute Gasteiger partial charge is 0.507 e. The predicted molar refractivity (Wildman–Crippen MR) is 89.0 cm³/mol. The van der Waals surface area contributed by atoms with E-state index in [0.29, 0.717) is 5.56 Å². The number of aromatic hydroxyl groups is 1. The summed E-state index contributed by atoms with van der Waals surface area (Å²) in [6.45, 7) is 2.25. The highest BCUT2D eigenvalue weighted by atomic mass is 16.3. The number of unbranched alkanes of at least 4 members (excludes halogenated alkanes) is 9. The summed E-state index contributed by atoms with van der Waals surface area (Å²) in [5.74, 6) is 0.106. The number of phenols is 1. The molecule has 2 heteroatoms. The van der Waals surface area contributed by atoms with Crippen molar-refractivity contribution in [2.24, 2.45) is 0 Å². The number of hydrogen-bond donors (Lipinski definition) is 1. The first-order valence-electron chi connectivity index (χ1n) is 8.55. The van der Waals surface area contributed by atoms with Gasteiger partial charge in [-0.15, -0.1) is 0 Å². The van der Waals surface area contributed by atoms with Gasteiger partial charge in [0.1, 0.15) is 5.75 Å². The Morgan fingerprint density at radius 1 is 0.905 bits per heavy atom. The third-order valence-corrected chi connectivity index (χ3v) is 4.09. The molecule has 118 valence electrons. The van der Waals surface area contributed by atoms with E-state index in [1.165, 1.54) is 57.8 Å². The molecule has 0 aliphatic heterocycles. The van der Waals surface area contributed by atoms with Gasteiger partial charge in [-0.3, -0.25) is 4.79 Å². The summed E-state index contributed by atoms with van der Waals surface area (Å²) < 4.78 is 0. The molecule has 0 saturated carbocycles. The predicted octanol–water partition coefficient (Wildman–Crippen LogP) is 5.67. The number of aryl methyl sites for hydroxylation is 1. The number of carbonyl (C=O) groups is 1. The normalized spacial score (nSPS) is 10.7. The number of aldehydes is 1. The number of rotatable bonds is 12. The molecule has 0 spiro atoms. The van der Waals surface area contributed by atoms with Gasteiger partial charge in [0, 0.05) is 0 Å². The number of benzene rings is 1. The zero-order valence-electron chi connectivity index (χ0n) is 13.4. The first kappa shape index (κ1) is 17.7. The van der Waals surface area contributed by atoms with E-state index in [1.807, 2.05) is 12.1 Å². The second-order valence-electron chi connectivity index (χ2n) is 5.90. The van der Waals surface area contributed by atoms with E-state index in [1.54, 1.807) is 6.07 Å². The van der Waals surface area contributed by atoms with Gasteiger partial charge in [-0.1, -0.05) is 76.8 Å². The SMILES string of the molecule is CCCCCCCCCCCCc1cccc(O)c1C=O. The molecule has 0 aromatic heterocycles. The Bertz CT molecular complexity index is 399. The summed E-state index contributed by atoms with van der Waals surface area (Å²) in [4.78, 5) is 11.0. The Morgan fingerprint density at radius 2 is 1.48 bits per heavy atom. The van der Waals surface area contributed by atoms with Crippen LogP contribution in [-0.4, -0.2) is 11.4 Å². The Kier molecular flexibility index (Phi) is 9.60. The van der Waals surface area contributed by atoms with Crippen molar-refractivity contribution in [2.45, 2.75) is 77.6 Å². The molecule has 0 aliphatic rings. The van der Waals surface area contributed by atoms with E-state index >= 15 is 0 Å². The minimum absolute atomic E-state index is 0.106. The Balaban J connectivity index is 2.07. The van der Waals surface area contributed by atoms with Crippen LogP contribution in [0, 0.1) is 0 Å². The van der Waals surface area contributed by atoms with Gasteiger partial charge in [0.2, 0.25) is 0 Å². The summed E-state index contributed by atoms with van der Waals surface area (Å²) in [6.07, 6.45) is 14.8. The molecule has 0 amide bonds. The molecule has 0 radical (unpaired) electrons. The highest BCUT2D eigenvalue weighted by Crippen LogP contribution is 2.21. The number of phenolic OH excluding ortho intramolecular Hbond substituents is 1. The van der Waals surface area contributed by atoms with Crippen LogP contribution in [0.1, 0.15) is 87.1 Å². The molecule has 1 aromatic carbocycles. The number of hydrogen-bond acceptors (Lipinski definition) is 2. The highest BCUT2D eigenvalue weighted by Gasteiger charge is 2.05. The molecule has 1 aromatic rings. The van der Waals surface area contributed by atoms with Crippen molar-refractivity contribution in [3.63, 3.8) is 0 Å². The summed E-state index contributed by atoms with van der Waals surface area (Å²) in [5.41, 5.74) is 1.44. The van der Waals surface area contributed by atoms with Crippen LogP contribution in [0.2, 0.25) is 0 Å². The fourth-order valence-corrected chi connectivity index (χ4v) is 2.76. The molecule has 0 heterocycles. The minimum atomic E-state index is 0.106. The Labute approximate surface area is 129 Å². The lowest BCUT2D eigenvalue weighted by molar-refractivity contribution is 0.112. The van der Waals surface area contributed by atoms with Gasteiger partial charge in [0.15, 0.2) is 6.29 Å². The smallest absolute Gasteiger partial charge is 0.154 e. The van der Waals surface area contributed by atoms with Gasteiger partial charge in [0.25, 0.3) is 0 Å². The van der Waals surface area contributed by atoms with Crippen LogP contribution in [0.25, 0.3) is 0 Å². The van der Waals surface area contributed by atoms with Crippen molar-refractivity contribution in [2.75, 3.05) is 0 Å². The lowest BCUT2D eigenvalue weighted by Crippen LogP contribution is -1.94. The van der Waals surface area contributed by atoms with E-state index in [4.69, 9.17) is 0 Å².